The first-order chi connectivity index (χ1) is 13.9. The Morgan fingerprint density at radius 1 is 1.45 bits per heavy atom. The van der Waals surface area contributed by atoms with Gasteiger partial charge < -0.3 is 15.8 Å². The number of halogens is 1. The number of hydrogen-bond donors (Lipinski definition) is 2. The summed E-state index contributed by atoms with van der Waals surface area (Å²) in [6, 6.07) is 5.21. The second-order valence-corrected chi connectivity index (χ2v) is 8.19. The number of aromatic nitrogens is 2. The minimum absolute atomic E-state index is 0.150. The van der Waals surface area contributed by atoms with E-state index in [2.05, 4.69) is 20.3 Å². The highest BCUT2D eigenvalue weighted by molar-refractivity contribution is 8.13. The van der Waals surface area contributed by atoms with Crippen molar-refractivity contribution < 1.29 is 9.53 Å². The number of nitrogens with zero attached hydrogens (tertiary/aromatic N) is 3. The molecule has 0 bridgehead atoms. The van der Waals surface area contributed by atoms with Crippen LogP contribution in [-0.2, 0) is 10.3 Å². The first-order valence-electron chi connectivity index (χ1n) is 8.98. The van der Waals surface area contributed by atoms with Crippen molar-refractivity contribution in [2.45, 2.75) is 18.9 Å². The van der Waals surface area contributed by atoms with Crippen molar-refractivity contribution in [2.24, 2.45) is 10.7 Å². The average Bonchev–Trinajstić information content (AvgIpc) is 2.68. The predicted molar refractivity (Wildman–Crippen MR) is 118 cm³/mol. The topological polar surface area (TPSA) is 102 Å². The second-order valence-electron chi connectivity index (χ2n) is 6.66. The number of nitrogens with two attached hydrogens (primary N) is 1. The number of nitrogens with one attached hydrogen (secondary N) is 1. The highest BCUT2D eigenvalue weighted by Gasteiger charge is 2.31. The lowest BCUT2D eigenvalue weighted by Crippen LogP contribution is -2.29. The lowest BCUT2D eigenvalue weighted by Gasteiger charge is -2.28. The lowest BCUT2D eigenvalue weighted by atomic mass is 9.94. The van der Waals surface area contributed by atoms with Gasteiger partial charge in [0, 0.05) is 30.9 Å². The number of rotatable bonds is 6. The molecule has 152 valence electrons. The Morgan fingerprint density at radius 3 is 3.00 bits per heavy atom. The predicted octanol–water partition coefficient (Wildman–Crippen LogP) is 3.71. The van der Waals surface area contributed by atoms with Crippen LogP contribution in [-0.4, -0.2) is 40.5 Å². The summed E-state index contributed by atoms with van der Waals surface area (Å²) in [4.78, 5) is 25.8. The summed E-state index contributed by atoms with van der Waals surface area (Å²) < 4.78 is 4.96. The fraction of sp³-hybridized carbons (Fsp3) is 0.300. The smallest absolute Gasteiger partial charge is 0.275 e. The highest BCUT2D eigenvalue weighted by atomic mass is 35.5. The van der Waals surface area contributed by atoms with Gasteiger partial charge in [0.25, 0.3) is 5.91 Å². The molecule has 1 aliphatic heterocycles. The molecule has 3 N–H and O–H groups in total. The SMILES string of the molecule is COC/C=C/c1cnc(C(=O)Nc2ccnc([C@]3(C)CCSC(N)=N3)c2)c(Cl)c1. The second kappa shape index (κ2) is 9.39. The summed E-state index contributed by atoms with van der Waals surface area (Å²) >= 11 is 7.79. The number of hydrogen-bond acceptors (Lipinski definition) is 7. The maximum Gasteiger partial charge on any atom is 0.275 e. The van der Waals surface area contributed by atoms with Crippen molar-refractivity contribution in [1.29, 1.82) is 0 Å². The Bertz CT molecular complexity index is 966. The van der Waals surface area contributed by atoms with Crippen molar-refractivity contribution in [3.63, 3.8) is 0 Å². The molecule has 2 aromatic heterocycles. The van der Waals surface area contributed by atoms with Gasteiger partial charge in [0.05, 0.1) is 17.3 Å². The molecule has 9 heteroatoms. The summed E-state index contributed by atoms with van der Waals surface area (Å²) in [6.07, 6.45) is 7.71. The Morgan fingerprint density at radius 2 is 2.28 bits per heavy atom. The molecule has 29 heavy (non-hydrogen) atoms. The van der Waals surface area contributed by atoms with Crippen LogP contribution >= 0.6 is 23.4 Å². The molecule has 0 saturated heterocycles. The van der Waals surface area contributed by atoms with E-state index in [1.54, 1.807) is 37.7 Å². The van der Waals surface area contributed by atoms with Crippen LogP contribution in [0.25, 0.3) is 6.08 Å². The zero-order valence-electron chi connectivity index (χ0n) is 16.2. The number of carbonyl (C=O) groups excluding carboxylic acids is 1. The molecule has 0 spiro atoms. The van der Waals surface area contributed by atoms with Gasteiger partial charge >= 0.3 is 0 Å². The summed E-state index contributed by atoms with van der Waals surface area (Å²) in [5.41, 5.74) is 7.65. The van der Waals surface area contributed by atoms with Gasteiger partial charge in [-0.2, -0.15) is 0 Å². The van der Waals surface area contributed by atoms with Crippen LogP contribution in [0.15, 0.2) is 41.7 Å². The third-order valence-corrected chi connectivity index (χ3v) is 5.50. The van der Waals surface area contributed by atoms with Crippen molar-refractivity contribution >= 4 is 46.2 Å². The number of pyridine rings is 2. The minimum Gasteiger partial charge on any atom is -0.381 e. The van der Waals surface area contributed by atoms with Crippen molar-refractivity contribution in [3.05, 3.63) is 58.6 Å². The van der Waals surface area contributed by atoms with Crippen LogP contribution in [0, 0.1) is 0 Å². The molecule has 7 nitrogen and oxygen atoms in total. The van der Waals surface area contributed by atoms with E-state index >= 15 is 0 Å². The monoisotopic (exact) mass is 431 g/mol. The summed E-state index contributed by atoms with van der Waals surface area (Å²) in [7, 11) is 1.61. The molecule has 0 fully saturated rings. The fourth-order valence-electron chi connectivity index (χ4n) is 2.86. The van der Waals surface area contributed by atoms with E-state index < -0.39 is 11.4 Å². The molecule has 0 saturated carbocycles. The minimum atomic E-state index is -0.512. The Balaban J connectivity index is 1.77. The number of methoxy groups -OCH3 is 1. The first kappa shape index (κ1) is 21.3. The molecule has 0 radical (unpaired) electrons. The van der Waals surface area contributed by atoms with E-state index in [9.17, 15) is 4.79 Å². The fourth-order valence-corrected chi connectivity index (χ4v) is 4.09. The largest absolute Gasteiger partial charge is 0.381 e. The Kier molecular flexibility index (Phi) is 6.89. The highest BCUT2D eigenvalue weighted by Crippen LogP contribution is 2.34. The van der Waals surface area contributed by atoms with Crippen LogP contribution in [0.5, 0.6) is 0 Å². The van der Waals surface area contributed by atoms with Gasteiger partial charge in [0.2, 0.25) is 0 Å². The molecule has 0 aliphatic carbocycles. The van der Waals surface area contributed by atoms with Gasteiger partial charge in [-0.05, 0) is 37.1 Å². The standard InChI is InChI=1S/C20H22ClN5O2S/c1-20(6-9-29-19(22)26-20)16-11-14(5-7-23-16)25-18(27)17-15(21)10-13(12-24-17)4-3-8-28-2/h3-5,7,10-12H,6,8-9H2,1-2H3,(H2,22,26)(H,23,25,27)/b4-3+/t20-/m0/s1. The normalized spacial score (nSPS) is 19.2. The summed E-state index contributed by atoms with van der Waals surface area (Å²) in [5.74, 6) is 0.473. The van der Waals surface area contributed by atoms with Gasteiger partial charge in [-0.15, -0.1) is 0 Å². The molecular weight excluding hydrogens is 410 g/mol. The van der Waals surface area contributed by atoms with Gasteiger partial charge in [-0.3, -0.25) is 9.78 Å². The number of amidine groups is 1. The van der Waals surface area contributed by atoms with Crippen molar-refractivity contribution in [1.82, 2.24) is 9.97 Å². The Hall–Kier alpha value is -2.42. The quantitative estimate of drug-likeness (QED) is 0.722. The molecule has 0 unspecified atom stereocenters. The summed E-state index contributed by atoms with van der Waals surface area (Å²) in [5, 5.41) is 3.65. The van der Waals surface area contributed by atoms with Gasteiger partial charge in [0.1, 0.15) is 11.2 Å². The third-order valence-electron chi connectivity index (χ3n) is 4.42. The maximum absolute atomic E-state index is 12.7. The summed E-state index contributed by atoms with van der Waals surface area (Å²) in [6.45, 7) is 2.47. The third kappa shape index (κ3) is 5.35. The molecule has 2 aromatic rings. The molecule has 3 heterocycles. The van der Waals surface area contributed by atoms with E-state index in [4.69, 9.17) is 22.1 Å². The van der Waals surface area contributed by atoms with Crippen LogP contribution < -0.4 is 11.1 Å². The Labute approximate surface area is 178 Å². The van der Waals surface area contributed by atoms with E-state index in [0.29, 0.717) is 17.5 Å². The number of amides is 1. The molecular formula is C20H22ClN5O2S. The van der Waals surface area contributed by atoms with Gasteiger partial charge in [-0.1, -0.05) is 35.5 Å². The zero-order chi connectivity index (χ0) is 20.9. The molecule has 3 rings (SSSR count). The van der Waals surface area contributed by atoms with Crippen LogP contribution in [0.4, 0.5) is 5.69 Å². The van der Waals surface area contributed by atoms with E-state index in [-0.39, 0.29) is 10.7 Å². The number of thioether (sulfide) groups is 1. The van der Waals surface area contributed by atoms with Crippen molar-refractivity contribution in [3.8, 4) is 0 Å². The number of ether oxygens (including phenoxy) is 1. The number of anilines is 1. The number of aliphatic imine (C=N–C) groups is 1. The molecule has 1 aliphatic rings. The zero-order valence-corrected chi connectivity index (χ0v) is 17.8. The van der Waals surface area contributed by atoms with Crippen molar-refractivity contribution in [2.75, 3.05) is 24.8 Å². The van der Waals surface area contributed by atoms with E-state index in [1.165, 1.54) is 11.8 Å². The average molecular weight is 432 g/mol. The van der Waals surface area contributed by atoms with Crippen LogP contribution in [0.1, 0.15) is 35.1 Å². The molecule has 1 atom stereocenters. The van der Waals surface area contributed by atoms with E-state index in [1.807, 2.05) is 19.1 Å². The van der Waals surface area contributed by atoms with Crippen LogP contribution in [0.3, 0.4) is 0 Å². The molecule has 1 amide bonds. The number of carbonyl (C=O) groups is 1. The van der Waals surface area contributed by atoms with Gasteiger partial charge in [0.15, 0.2) is 5.17 Å². The lowest BCUT2D eigenvalue weighted by molar-refractivity contribution is 0.102. The molecule has 0 aromatic carbocycles. The first-order valence-corrected chi connectivity index (χ1v) is 10.3. The maximum atomic E-state index is 12.7. The van der Waals surface area contributed by atoms with Gasteiger partial charge in [-0.25, -0.2) is 9.98 Å². The van der Waals surface area contributed by atoms with E-state index in [0.717, 1.165) is 23.4 Å². The van der Waals surface area contributed by atoms with Crippen LogP contribution in [0.2, 0.25) is 5.02 Å².